The zero-order valence-corrected chi connectivity index (χ0v) is 12.7. The quantitative estimate of drug-likeness (QED) is 0.762. The van der Waals surface area contributed by atoms with Gasteiger partial charge in [0.25, 0.3) is 0 Å². The first-order valence-electron chi connectivity index (χ1n) is 6.16. The Morgan fingerprint density at radius 2 is 1.63 bits per heavy atom. The van der Waals surface area contributed by atoms with Gasteiger partial charge in [0.1, 0.15) is 5.76 Å². The Hall–Kier alpha value is -1.19. The van der Waals surface area contributed by atoms with Gasteiger partial charge in [-0.05, 0) is 17.7 Å². The van der Waals surface area contributed by atoms with Crippen molar-refractivity contribution >= 4 is 38.4 Å². The van der Waals surface area contributed by atoms with Crippen molar-refractivity contribution in [1.29, 1.82) is 0 Å². The predicted molar refractivity (Wildman–Crippen MR) is 85.8 cm³/mol. The van der Waals surface area contributed by atoms with E-state index in [9.17, 15) is 0 Å². The van der Waals surface area contributed by atoms with E-state index in [1.807, 2.05) is 30.0 Å². The van der Waals surface area contributed by atoms with E-state index in [2.05, 4.69) is 52.3 Å². The first-order valence-corrected chi connectivity index (χ1v) is 7.94. The summed E-state index contributed by atoms with van der Waals surface area (Å²) >= 11 is 5.34. The molecule has 0 saturated heterocycles. The highest BCUT2D eigenvalue weighted by atomic mass is 79.9. The Labute approximate surface area is 125 Å². The van der Waals surface area contributed by atoms with Crippen molar-refractivity contribution in [2.45, 2.75) is 0 Å². The molecule has 2 aromatic carbocycles. The normalized spacial score (nSPS) is 15.2. The Kier molecular flexibility index (Phi) is 3.95. The third-order valence-corrected chi connectivity index (χ3v) is 4.53. The largest absolute Gasteiger partial charge is 0.491 e. The lowest BCUT2D eigenvalue weighted by Crippen LogP contribution is -2.05. The summed E-state index contributed by atoms with van der Waals surface area (Å²) in [5.74, 6) is 2.00. The van der Waals surface area contributed by atoms with Gasteiger partial charge >= 0.3 is 0 Å². The molecule has 96 valence electrons. The molecule has 1 heterocycles. The van der Waals surface area contributed by atoms with Gasteiger partial charge in [0.2, 0.25) is 0 Å². The third-order valence-electron chi connectivity index (χ3n) is 2.92. The number of hydrogen-bond acceptors (Lipinski definition) is 2. The average Bonchev–Trinajstić information content (AvgIpc) is 2.49. The topological polar surface area (TPSA) is 9.23 Å². The highest BCUT2D eigenvalue weighted by Gasteiger charge is 2.17. The van der Waals surface area contributed by atoms with Crippen LogP contribution in [0.1, 0.15) is 11.1 Å². The molecule has 1 aliphatic rings. The maximum absolute atomic E-state index is 5.91. The molecule has 2 aromatic rings. The fraction of sp³-hybridized carbons (Fsp3) is 0.125. The van der Waals surface area contributed by atoms with Crippen molar-refractivity contribution in [3.63, 3.8) is 0 Å². The van der Waals surface area contributed by atoms with E-state index in [0.717, 1.165) is 28.2 Å². The van der Waals surface area contributed by atoms with Crippen molar-refractivity contribution in [2.24, 2.45) is 0 Å². The second kappa shape index (κ2) is 5.85. The molecule has 0 saturated carbocycles. The minimum atomic E-state index is 0.773. The van der Waals surface area contributed by atoms with Gasteiger partial charge in [-0.2, -0.15) is 0 Å². The van der Waals surface area contributed by atoms with Gasteiger partial charge in [-0.15, -0.1) is 11.8 Å². The van der Waals surface area contributed by atoms with Crippen LogP contribution in [0.15, 0.2) is 59.1 Å². The molecule has 0 spiro atoms. The molecule has 0 radical (unpaired) electrons. The zero-order chi connectivity index (χ0) is 13.1. The fourth-order valence-corrected chi connectivity index (χ4v) is 3.28. The molecule has 0 aromatic heterocycles. The number of thioether (sulfide) groups is 1. The van der Waals surface area contributed by atoms with Gasteiger partial charge in [0, 0.05) is 15.8 Å². The molecule has 0 amide bonds. The van der Waals surface area contributed by atoms with Crippen molar-refractivity contribution in [3.8, 4) is 0 Å². The highest BCUT2D eigenvalue weighted by Crippen LogP contribution is 2.39. The highest BCUT2D eigenvalue weighted by molar-refractivity contribution is 9.10. The van der Waals surface area contributed by atoms with Crippen LogP contribution in [-0.2, 0) is 4.74 Å². The first kappa shape index (κ1) is 12.8. The van der Waals surface area contributed by atoms with E-state index in [1.54, 1.807) is 0 Å². The van der Waals surface area contributed by atoms with Crippen LogP contribution in [0.3, 0.4) is 0 Å². The summed E-state index contributed by atoms with van der Waals surface area (Å²) < 4.78 is 7.01. The second-order valence-electron chi connectivity index (χ2n) is 4.23. The molecule has 19 heavy (non-hydrogen) atoms. The molecule has 3 rings (SSSR count). The summed E-state index contributed by atoms with van der Waals surface area (Å²) in [6, 6.07) is 18.7. The van der Waals surface area contributed by atoms with Crippen LogP contribution in [0, 0.1) is 0 Å². The summed E-state index contributed by atoms with van der Waals surface area (Å²) in [6.45, 7) is 0.773. The lowest BCUT2D eigenvalue weighted by Gasteiger charge is -2.21. The number of halogens is 1. The lowest BCUT2D eigenvalue weighted by atomic mass is 10.1. The maximum Gasteiger partial charge on any atom is 0.140 e. The van der Waals surface area contributed by atoms with Crippen LogP contribution < -0.4 is 0 Å². The molecular weight excluding hydrogens is 320 g/mol. The molecular formula is C16H13BrOS. The second-order valence-corrected chi connectivity index (χ2v) is 6.25. The number of hydrogen-bond donors (Lipinski definition) is 0. The van der Waals surface area contributed by atoms with Crippen molar-refractivity contribution in [2.75, 3.05) is 12.4 Å². The van der Waals surface area contributed by atoms with Crippen LogP contribution in [-0.4, -0.2) is 12.4 Å². The van der Waals surface area contributed by atoms with Gasteiger partial charge < -0.3 is 4.74 Å². The van der Waals surface area contributed by atoms with Gasteiger partial charge in [0.05, 0.1) is 11.5 Å². The minimum Gasteiger partial charge on any atom is -0.491 e. The standard InChI is InChI=1S/C16H13BrOS/c17-14-8-6-13(7-9-14)16-15(18-10-11-19-16)12-4-2-1-3-5-12/h1-9H,10-11H2. The monoisotopic (exact) mass is 332 g/mol. The SMILES string of the molecule is Brc1ccc(C2=C(c3ccccc3)OCCS2)cc1. The lowest BCUT2D eigenvalue weighted by molar-refractivity contribution is 0.301. The molecule has 0 atom stereocenters. The summed E-state index contributed by atoms with van der Waals surface area (Å²) in [6.07, 6.45) is 0. The van der Waals surface area contributed by atoms with Crippen molar-refractivity contribution in [3.05, 3.63) is 70.2 Å². The van der Waals surface area contributed by atoms with E-state index in [4.69, 9.17) is 4.74 Å². The number of ether oxygens (including phenoxy) is 1. The Balaban J connectivity index is 2.08. The van der Waals surface area contributed by atoms with E-state index >= 15 is 0 Å². The fourth-order valence-electron chi connectivity index (χ4n) is 2.04. The maximum atomic E-state index is 5.91. The number of rotatable bonds is 2. The van der Waals surface area contributed by atoms with Crippen LogP contribution in [0.2, 0.25) is 0 Å². The summed E-state index contributed by atoms with van der Waals surface area (Å²) in [5.41, 5.74) is 2.36. The predicted octanol–water partition coefficient (Wildman–Crippen LogP) is 5.04. The summed E-state index contributed by atoms with van der Waals surface area (Å²) in [7, 11) is 0. The Morgan fingerprint density at radius 3 is 2.37 bits per heavy atom. The van der Waals surface area contributed by atoms with Crippen LogP contribution >= 0.6 is 27.7 Å². The van der Waals surface area contributed by atoms with E-state index in [0.29, 0.717) is 0 Å². The molecule has 1 nitrogen and oxygen atoms in total. The van der Waals surface area contributed by atoms with Crippen LogP contribution in [0.5, 0.6) is 0 Å². The smallest absolute Gasteiger partial charge is 0.140 e. The molecule has 0 aliphatic carbocycles. The van der Waals surface area contributed by atoms with Crippen LogP contribution in [0.25, 0.3) is 10.7 Å². The molecule has 3 heteroatoms. The molecule has 0 N–H and O–H groups in total. The zero-order valence-electron chi connectivity index (χ0n) is 10.3. The Bertz CT molecular complexity index is 590. The summed E-state index contributed by atoms with van der Waals surface area (Å²) in [4.78, 5) is 1.23. The third kappa shape index (κ3) is 2.88. The molecule has 0 fully saturated rings. The van der Waals surface area contributed by atoms with Crippen molar-refractivity contribution < 1.29 is 4.74 Å². The van der Waals surface area contributed by atoms with Crippen molar-refractivity contribution in [1.82, 2.24) is 0 Å². The Morgan fingerprint density at radius 1 is 0.895 bits per heavy atom. The molecule has 0 unspecified atom stereocenters. The van der Waals surface area contributed by atoms with E-state index < -0.39 is 0 Å². The van der Waals surface area contributed by atoms with E-state index in [-0.39, 0.29) is 0 Å². The molecule has 1 aliphatic heterocycles. The first-order chi connectivity index (χ1) is 9.34. The number of benzene rings is 2. The molecule has 0 bridgehead atoms. The van der Waals surface area contributed by atoms with Gasteiger partial charge in [0.15, 0.2) is 0 Å². The average molecular weight is 333 g/mol. The van der Waals surface area contributed by atoms with Gasteiger partial charge in [-0.1, -0.05) is 58.4 Å². The van der Waals surface area contributed by atoms with E-state index in [1.165, 1.54) is 10.5 Å². The van der Waals surface area contributed by atoms with Gasteiger partial charge in [-0.25, -0.2) is 0 Å². The summed E-state index contributed by atoms with van der Waals surface area (Å²) in [5, 5.41) is 0. The van der Waals surface area contributed by atoms with Crippen LogP contribution in [0.4, 0.5) is 0 Å². The van der Waals surface area contributed by atoms with Gasteiger partial charge in [-0.3, -0.25) is 0 Å². The minimum absolute atomic E-state index is 0.773.